The summed E-state index contributed by atoms with van der Waals surface area (Å²) in [7, 11) is 0. The molecule has 1 aromatic heterocycles. The van der Waals surface area contributed by atoms with Gasteiger partial charge in [-0.15, -0.1) is 0 Å². The second-order valence-electron chi connectivity index (χ2n) is 3.38. The predicted molar refractivity (Wildman–Crippen MR) is 54.9 cm³/mol. The minimum absolute atomic E-state index is 0.409. The van der Waals surface area contributed by atoms with E-state index in [-0.39, 0.29) is 0 Å². The summed E-state index contributed by atoms with van der Waals surface area (Å²) >= 11 is 0. The van der Waals surface area contributed by atoms with Crippen LogP contribution in [-0.2, 0) is 6.42 Å². The first kappa shape index (κ1) is 8.81. The number of benzene rings is 1. The third-order valence-corrected chi connectivity index (χ3v) is 2.15. The fraction of sp³-hybridized carbons (Fsp3) is 0.182. The summed E-state index contributed by atoms with van der Waals surface area (Å²) in [5.41, 5.74) is 9.01. The van der Waals surface area contributed by atoms with Crippen molar-refractivity contribution >= 4 is 5.88 Å². The van der Waals surface area contributed by atoms with Gasteiger partial charge in [0, 0.05) is 12.0 Å². The number of nitrogens with two attached hydrogens (primary N) is 1. The van der Waals surface area contributed by atoms with Gasteiger partial charge in [0.2, 0.25) is 5.88 Å². The quantitative estimate of drug-likeness (QED) is 0.785. The van der Waals surface area contributed by atoms with Gasteiger partial charge >= 0.3 is 0 Å². The molecular formula is C11H12N2O. The largest absolute Gasteiger partial charge is 0.367 e. The van der Waals surface area contributed by atoms with E-state index in [4.69, 9.17) is 10.3 Å². The lowest BCUT2D eigenvalue weighted by atomic mass is 10.1. The first-order valence-corrected chi connectivity index (χ1v) is 4.50. The smallest absolute Gasteiger partial charge is 0.225 e. The van der Waals surface area contributed by atoms with Crippen molar-refractivity contribution in [2.24, 2.45) is 0 Å². The molecule has 14 heavy (non-hydrogen) atoms. The molecule has 3 heteroatoms. The van der Waals surface area contributed by atoms with Gasteiger partial charge in [0.1, 0.15) is 0 Å². The predicted octanol–water partition coefficient (Wildman–Crippen LogP) is 2.16. The fourth-order valence-corrected chi connectivity index (χ4v) is 1.44. The van der Waals surface area contributed by atoms with Crippen LogP contribution >= 0.6 is 0 Å². The number of aryl methyl sites for hydroxylation is 1. The van der Waals surface area contributed by atoms with E-state index in [1.807, 2.05) is 6.07 Å². The van der Waals surface area contributed by atoms with Gasteiger partial charge in [-0.1, -0.05) is 35.0 Å². The topological polar surface area (TPSA) is 52.0 Å². The minimum atomic E-state index is 0.409. The summed E-state index contributed by atoms with van der Waals surface area (Å²) in [5, 5.41) is 3.64. The molecule has 0 aliphatic carbocycles. The third kappa shape index (κ3) is 1.76. The molecule has 0 fully saturated rings. The SMILES string of the molecule is Cc1cccc(Cc2cnoc2N)c1. The molecule has 0 radical (unpaired) electrons. The maximum absolute atomic E-state index is 5.60. The monoisotopic (exact) mass is 188 g/mol. The number of rotatable bonds is 2. The molecule has 0 bridgehead atoms. The molecule has 0 aliphatic heterocycles. The zero-order valence-corrected chi connectivity index (χ0v) is 8.03. The maximum Gasteiger partial charge on any atom is 0.225 e. The highest BCUT2D eigenvalue weighted by molar-refractivity contribution is 5.38. The van der Waals surface area contributed by atoms with Gasteiger partial charge in [0.15, 0.2) is 0 Å². The first-order chi connectivity index (χ1) is 6.75. The van der Waals surface area contributed by atoms with Crippen molar-refractivity contribution < 1.29 is 4.52 Å². The Kier molecular flexibility index (Phi) is 2.23. The number of anilines is 1. The van der Waals surface area contributed by atoms with Crippen LogP contribution in [0.25, 0.3) is 0 Å². The van der Waals surface area contributed by atoms with Crippen LogP contribution < -0.4 is 5.73 Å². The second-order valence-corrected chi connectivity index (χ2v) is 3.38. The van der Waals surface area contributed by atoms with Gasteiger partial charge in [0.25, 0.3) is 0 Å². The lowest BCUT2D eigenvalue weighted by molar-refractivity contribution is 0.436. The van der Waals surface area contributed by atoms with E-state index in [9.17, 15) is 0 Å². The summed E-state index contributed by atoms with van der Waals surface area (Å²) in [6.45, 7) is 2.07. The molecule has 0 unspecified atom stereocenters. The Morgan fingerprint density at radius 3 is 2.93 bits per heavy atom. The normalized spacial score (nSPS) is 10.4. The van der Waals surface area contributed by atoms with Crippen molar-refractivity contribution in [3.63, 3.8) is 0 Å². The molecule has 1 heterocycles. The number of nitrogen functional groups attached to an aromatic ring is 1. The van der Waals surface area contributed by atoms with Gasteiger partial charge < -0.3 is 10.3 Å². The minimum Gasteiger partial charge on any atom is -0.367 e. The van der Waals surface area contributed by atoms with E-state index in [2.05, 4.69) is 30.3 Å². The van der Waals surface area contributed by atoms with Crippen molar-refractivity contribution in [3.05, 3.63) is 47.2 Å². The summed E-state index contributed by atoms with van der Waals surface area (Å²) in [6.07, 6.45) is 2.44. The number of nitrogens with zero attached hydrogens (tertiary/aromatic N) is 1. The van der Waals surface area contributed by atoms with Crippen LogP contribution in [0, 0.1) is 6.92 Å². The van der Waals surface area contributed by atoms with Crippen LogP contribution in [0.2, 0.25) is 0 Å². The van der Waals surface area contributed by atoms with Crippen molar-refractivity contribution in [1.82, 2.24) is 5.16 Å². The zero-order valence-electron chi connectivity index (χ0n) is 8.03. The molecule has 3 nitrogen and oxygen atoms in total. The van der Waals surface area contributed by atoms with E-state index < -0.39 is 0 Å². The van der Waals surface area contributed by atoms with Crippen LogP contribution in [0.3, 0.4) is 0 Å². The molecule has 2 rings (SSSR count). The summed E-state index contributed by atoms with van der Waals surface area (Å²) in [5.74, 6) is 0.409. The van der Waals surface area contributed by atoms with Crippen LogP contribution in [0.15, 0.2) is 35.0 Å². The highest BCUT2D eigenvalue weighted by atomic mass is 16.5. The average molecular weight is 188 g/mol. The summed E-state index contributed by atoms with van der Waals surface area (Å²) in [4.78, 5) is 0. The molecule has 0 atom stereocenters. The molecule has 1 aromatic carbocycles. The van der Waals surface area contributed by atoms with Crippen molar-refractivity contribution in [2.45, 2.75) is 13.3 Å². The van der Waals surface area contributed by atoms with Gasteiger partial charge in [-0.3, -0.25) is 0 Å². The molecule has 0 amide bonds. The number of hydrogen-bond acceptors (Lipinski definition) is 3. The van der Waals surface area contributed by atoms with E-state index in [1.54, 1.807) is 6.20 Å². The Bertz CT molecular complexity index is 434. The Morgan fingerprint density at radius 2 is 2.29 bits per heavy atom. The first-order valence-electron chi connectivity index (χ1n) is 4.50. The van der Waals surface area contributed by atoms with Crippen LogP contribution in [0.1, 0.15) is 16.7 Å². The van der Waals surface area contributed by atoms with Crippen LogP contribution in [0.5, 0.6) is 0 Å². The summed E-state index contributed by atoms with van der Waals surface area (Å²) in [6, 6.07) is 8.31. The van der Waals surface area contributed by atoms with Crippen molar-refractivity contribution in [3.8, 4) is 0 Å². The van der Waals surface area contributed by atoms with E-state index in [0.29, 0.717) is 5.88 Å². The van der Waals surface area contributed by atoms with Crippen LogP contribution in [0.4, 0.5) is 5.88 Å². The molecule has 0 spiro atoms. The standard InChI is InChI=1S/C11H12N2O/c1-8-3-2-4-9(5-8)6-10-7-13-14-11(10)12/h2-5,7H,6,12H2,1H3. The summed E-state index contributed by atoms with van der Waals surface area (Å²) < 4.78 is 4.79. The van der Waals surface area contributed by atoms with Gasteiger partial charge in [-0.2, -0.15) is 0 Å². The Hall–Kier alpha value is -1.77. The Balaban J connectivity index is 2.23. The Morgan fingerprint density at radius 1 is 1.43 bits per heavy atom. The van der Waals surface area contributed by atoms with E-state index in [1.165, 1.54) is 11.1 Å². The maximum atomic E-state index is 5.60. The second kappa shape index (κ2) is 3.54. The molecule has 0 saturated heterocycles. The fourth-order valence-electron chi connectivity index (χ4n) is 1.44. The molecule has 2 aromatic rings. The van der Waals surface area contributed by atoms with Gasteiger partial charge in [-0.05, 0) is 12.5 Å². The van der Waals surface area contributed by atoms with Gasteiger partial charge in [0.05, 0.1) is 6.20 Å². The lowest BCUT2D eigenvalue weighted by Crippen LogP contribution is -1.91. The van der Waals surface area contributed by atoms with Crippen LogP contribution in [-0.4, -0.2) is 5.16 Å². The number of aromatic nitrogens is 1. The van der Waals surface area contributed by atoms with Gasteiger partial charge in [-0.25, -0.2) is 0 Å². The zero-order chi connectivity index (χ0) is 9.97. The highest BCUT2D eigenvalue weighted by Crippen LogP contribution is 2.15. The molecule has 0 saturated carbocycles. The average Bonchev–Trinajstić information content (AvgIpc) is 2.52. The van der Waals surface area contributed by atoms with E-state index >= 15 is 0 Å². The van der Waals surface area contributed by atoms with Crippen molar-refractivity contribution in [2.75, 3.05) is 5.73 Å². The molecule has 0 aliphatic rings. The molecule has 72 valence electrons. The van der Waals surface area contributed by atoms with Crippen molar-refractivity contribution in [1.29, 1.82) is 0 Å². The molecule has 2 N–H and O–H groups in total. The lowest BCUT2D eigenvalue weighted by Gasteiger charge is -2.00. The third-order valence-electron chi connectivity index (χ3n) is 2.15. The Labute approximate surface area is 82.5 Å². The molecular weight excluding hydrogens is 176 g/mol. The van der Waals surface area contributed by atoms with E-state index in [0.717, 1.165) is 12.0 Å². The highest BCUT2D eigenvalue weighted by Gasteiger charge is 2.04. The number of hydrogen-bond donors (Lipinski definition) is 1.